The zero-order valence-corrected chi connectivity index (χ0v) is 14.6. The predicted octanol–water partition coefficient (Wildman–Crippen LogP) is 4.88. The molecule has 1 heterocycles. The van der Waals surface area contributed by atoms with E-state index in [2.05, 4.69) is 29.4 Å². The first-order chi connectivity index (χ1) is 12.8. The minimum absolute atomic E-state index is 0.272. The molecule has 1 aliphatic rings. The lowest BCUT2D eigenvalue weighted by molar-refractivity contribution is 0.111. The largest absolute Gasteiger partial charge is 0.296 e. The van der Waals surface area contributed by atoms with Crippen LogP contribution in [-0.4, -0.2) is 16.1 Å². The number of aromatic nitrogens is 2. The number of hydrogen-bond donors (Lipinski definition) is 0. The molecule has 0 aliphatic heterocycles. The quantitative estimate of drug-likeness (QED) is 0.616. The fraction of sp³-hybridized carbons (Fsp3) is 0.273. The van der Waals surface area contributed by atoms with Crippen molar-refractivity contribution in [2.45, 2.75) is 38.0 Å². The number of aldehydes is 1. The van der Waals surface area contributed by atoms with Gasteiger partial charge in [-0.25, -0.2) is 9.07 Å². The van der Waals surface area contributed by atoms with Crippen molar-refractivity contribution in [2.75, 3.05) is 0 Å². The van der Waals surface area contributed by atoms with E-state index in [1.54, 1.807) is 12.1 Å². The minimum Gasteiger partial charge on any atom is -0.296 e. The van der Waals surface area contributed by atoms with E-state index in [1.165, 1.54) is 17.7 Å². The van der Waals surface area contributed by atoms with Crippen molar-refractivity contribution in [1.29, 1.82) is 0 Å². The van der Waals surface area contributed by atoms with Crippen LogP contribution in [0.3, 0.4) is 0 Å². The summed E-state index contributed by atoms with van der Waals surface area (Å²) in [6, 6.07) is 16.8. The summed E-state index contributed by atoms with van der Waals surface area (Å²) in [7, 11) is 0. The third-order valence-corrected chi connectivity index (χ3v) is 5.23. The van der Waals surface area contributed by atoms with E-state index < -0.39 is 0 Å². The molecule has 132 valence electrons. The average Bonchev–Trinajstić information content (AvgIpc) is 3.07. The van der Waals surface area contributed by atoms with Crippen molar-refractivity contribution in [2.24, 2.45) is 0 Å². The van der Waals surface area contributed by atoms with Crippen LogP contribution in [0.2, 0.25) is 0 Å². The molecule has 4 heteroatoms. The fourth-order valence-corrected chi connectivity index (χ4v) is 3.96. The van der Waals surface area contributed by atoms with Crippen LogP contribution in [0.1, 0.15) is 52.5 Å². The molecule has 1 unspecified atom stereocenters. The number of carbonyl (C=O) groups is 1. The van der Waals surface area contributed by atoms with Gasteiger partial charge in [0.1, 0.15) is 11.5 Å². The van der Waals surface area contributed by atoms with E-state index in [0.29, 0.717) is 11.6 Å². The van der Waals surface area contributed by atoms with Gasteiger partial charge in [-0.3, -0.25) is 4.79 Å². The minimum atomic E-state index is -0.272. The smallest absolute Gasteiger partial charge is 0.170 e. The molecule has 1 aromatic heterocycles. The zero-order valence-electron chi connectivity index (χ0n) is 14.6. The van der Waals surface area contributed by atoms with E-state index in [4.69, 9.17) is 0 Å². The van der Waals surface area contributed by atoms with E-state index in [0.717, 1.165) is 55.3 Å². The normalized spacial score (nSPS) is 16.3. The molecule has 1 aliphatic carbocycles. The Balaban J connectivity index is 1.70. The maximum atomic E-state index is 13.3. The second kappa shape index (κ2) is 7.24. The number of aryl methyl sites for hydroxylation is 1. The number of rotatable bonds is 5. The molecule has 0 fully saturated rings. The molecule has 0 N–H and O–H groups in total. The van der Waals surface area contributed by atoms with E-state index in [9.17, 15) is 9.18 Å². The summed E-state index contributed by atoms with van der Waals surface area (Å²) in [5, 5.41) is 4.54. The van der Waals surface area contributed by atoms with Crippen LogP contribution in [-0.2, 0) is 12.8 Å². The predicted molar refractivity (Wildman–Crippen MR) is 99.4 cm³/mol. The SMILES string of the molecule is O=Cc1nn(-c2ccc(F)cc2)c2c1CCCC2CCc1ccccc1. The van der Waals surface area contributed by atoms with Crippen LogP contribution < -0.4 is 0 Å². The molecule has 0 spiro atoms. The highest BCUT2D eigenvalue weighted by Crippen LogP contribution is 2.37. The highest BCUT2D eigenvalue weighted by molar-refractivity contribution is 5.75. The summed E-state index contributed by atoms with van der Waals surface area (Å²) in [6.45, 7) is 0. The molecule has 3 nitrogen and oxygen atoms in total. The number of nitrogens with zero attached hydrogens (tertiary/aromatic N) is 2. The molecule has 0 saturated carbocycles. The Morgan fingerprint density at radius 1 is 1.12 bits per heavy atom. The second-order valence-electron chi connectivity index (χ2n) is 6.87. The van der Waals surface area contributed by atoms with Crippen LogP contribution in [0.25, 0.3) is 5.69 Å². The number of benzene rings is 2. The molecular formula is C22H21FN2O. The molecule has 3 aromatic rings. The summed E-state index contributed by atoms with van der Waals surface area (Å²) in [4.78, 5) is 11.5. The Kier molecular flexibility index (Phi) is 4.65. The molecule has 0 saturated heterocycles. The Morgan fingerprint density at radius 3 is 2.62 bits per heavy atom. The lowest BCUT2D eigenvalue weighted by Crippen LogP contribution is -2.15. The van der Waals surface area contributed by atoms with Crippen LogP contribution in [0.4, 0.5) is 4.39 Å². The van der Waals surface area contributed by atoms with Crippen LogP contribution in [0.5, 0.6) is 0 Å². The molecule has 0 bridgehead atoms. The topological polar surface area (TPSA) is 34.9 Å². The van der Waals surface area contributed by atoms with E-state index in [-0.39, 0.29) is 5.82 Å². The van der Waals surface area contributed by atoms with Gasteiger partial charge in [-0.2, -0.15) is 5.10 Å². The van der Waals surface area contributed by atoms with Crippen molar-refractivity contribution in [3.05, 3.63) is 82.9 Å². The van der Waals surface area contributed by atoms with Crippen molar-refractivity contribution >= 4 is 6.29 Å². The Bertz CT molecular complexity index is 900. The van der Waals surface area contributed by atoms with Gasteiger partial charge in [0.2, 0.25) is 0 Å². The zero-order chi connectivity index (χ0) is 17.9. The summed E-state index contributed by atoms with van der Waals surface area (Å²) in [5.41, 5.74) is 4.84. The Morgan fingerprint density at radius 2 is 1.88 bits per heavy atom. The molecule has 26 heavy (non-hydrogen) atoms. The Labute approximate surface area is 152 Å². The summed E-state index contributed by atoms with van der Waals surface area (Å²) in [6.07, 6.45) is 5.90. The number of carbonyl (C=O) groups excluding carboxylic acids is 1. The first-order valence-corrected chi connectivity index (χ1v) is 9.13. The Hall–Kier alpha value is -2.75. The third kappa shape index (κ3) is 3.19. The van der Waals surface area contributed by atoms with Gasteiger partial charge in [0, 0.05) is 11.5 Å². The summed E-state index contributed by atoms with van der Waals surface area (Å²) in [5.74, 6) is 0.0798. The number of halogens is 1. The van der Waals surface area contributed by atoms with Gasteiger partial charge in [0.25, 0.3) is 0 Å². The van der Waals surface area contributed by atoms with Crippen molar-refractivity contribution < 1.29 is 9.18 Å². The average molecular weight is 348 g/mol. The van der Waals surface area contributed by atoms with Gasteiger partial charge >= 0.3 is 0 Å². The highest BCUT2D eigenvalue weighted by atomic mass is 19.1. The van der Waals surface area contributed by atoms with Crippen LogP contribution in [0, 0.1) is 5.82 Å². The number of hydrogen-bond acceptors (Lipinski definition) is 2. The lowest BCUT2D eigenvalue weighted by atomic mass is 9.83. The molecule has 0 radical (unpaired) electrons. The molecular weight excluding hydrogens is 327 g/mol. The molecule has 2 aromatic carbocycles. The van der Waals surface area contributed by atoms with Crippen molar-refractivity contribution in [3.8, 4) is 5.69 Å². The van der Waals surface area contributed by atoms with Gasteiger partial charge < -0.3 is 0 Å². The third-order valence-electron chi connectivity index (χ3n) is 5.23. The van der Waals surface area contributed by atoms with Crippen LogP contribution >= 0.6 is 0 Å². The standard InChI is InChI=1S/C22H21FN2O/c23-18-11-13-19(14-12-18)25-22-17(10-9-16-5-2-1-3-6-16)7-4-8-20(22)21(15-26)24-25/h1-3,5-6,11-15,17H,4,7-10H2. The summed E-state index contributed by atoms with van der Waals surface area (Å²) >= 11 is 0. The lowest BCUT2D eigenvalue weighted by Gasteiger charge is -2.24. The first-order valence-electron chi connectivity index (χ1n) is 9.13. The van der Waals surface area contributed by atoms with Crippen LogP contribution in [0.15, 0.2) is 54.6 Å². The van der Waals surface area contributed by atoms with Gasteiger partial charge in [-0.15, -0.1) is 0 Å². The number of fused-ring (bicyclic) bond motifs is 1. The molecule has 0 amide bonds. The van der Waals surface area contributed by atoms with Crippen molar-refractivity contribution in [3.63, 3.8) is 0 Å². The van der Waals surface area contributed by atoms with Crippen molar-refractivity contribution in [1.82, 2.24) is 9.78 Å². The molecule has 4 rings (SSSR count). The monoisotopic (exact) mass is 348 g/mol. The first kappa shape index (κ1) is 16.7. The van der Waals surface area contributed by atoms with E-state index in [1.807, 2.05) is 10.7 Å². The maximum Gasteiger partial charge on any atom is 0.170 e. The maximum absolute atomic E-state index is 13.3. The molecule has 1 atom stereocenters. The second-order valence-corrected chi connectivity index (χ2v) is 6.87. The fourth-order valence-electron chi connectivity index (χ4n) is 3.96. The van der Waals surface area contributed by atoms with Gasteiger partial charge in [0.15, 0.2) is 6.29 Å². The van der Waals surface area contributed by atoms with Gasteiger partial charge in [-0.05, 0) is 61.9 Å². The van der Waals surface area contributed by atoms with Gasteiger partial charge in [-0.1, -0.05) is 30.3 Å². The van der Waals surface area contributed by atoms with E-state index >= 15 is 0 Å². The highest BCUT2D eigenvalue weighted by Gasteiger charge is 2.28. The van der Waals surface area contributed by atoms with Gasteiger partial charge in [0.05, 0.1) is 11.4 Å². The summed E-state index contributed by atoms with van der Waals surface area (Å²) < 4.78 is 15.2.